The highest BCUT2D eigenvalue weighted by Crippen LogP contribution is 2.32. The minimum atomic E-state index is -3.28. The van der Waals surface area contributed by atoms with Crippen molar-refractivity contribution in [1.82, 2.24) is 10.6 Å². The quantitative estimate of drug-likeness (QED) is 0.526. The van der Waals surface area contributed by atoms with Crippen LogP contribution < -0.4 is 15.4 Å². The highest BCUT2D eigenvalue weighted by Gasteiger charge is 2.21. The number of hydrogen-bond acceptors (Lipinski definition) is 3. The van der Waals surface area contributed by atoms with Crippen LogP contribution in [0.5, 0.6) is 0 Å². The lowest BCUT2D eigenvalue weighted by molar-refractivity contribution is 0.607. The van der Waals surface area contributed by atoms with Gasteiger partial charge in [-0.1, -0.05) is 36.4 Å². The molecule has 2 aromatic rings. The summed E-state index contributed by atoms with van der Waals surface area (Å²) in [4.78, 5) is 4.28. The lowest BCUT2D eigenvalue weighted by Gasteiger charge is -2.16. The van der Waals surface area contributed by atoms with Gasteiger partial charge in [0, 0.05) is 31.7 Å². The third kappa shape index (κ3) is 5.47. The molecule has 1 aliphatic carbocycles. The molecule has 0 aliphatic heterocycles. The van der Waals surface area contributed by atoms with Crippen molar-refractivity contribution >= 4 is 21.7 Å². The maximum atomic E-state index is 11.4. The Hall–Kier alpha value is -2.54. The molecule has 3 rings (SSSR count). The first kappa shape index (κ1) is 19.2. The number of guanidine groups is 1. The Labute approximate surface area is 161 Å². The lowest BCUT2D eigenvalue weighted by atomic mass is 10.0. The Morgan fingerprint density at radius 2 is 1.96 bits per heavy atom. The summed E-state index contributed by atoms with van der Waals surface area (Å²) < 4.78 is 25.2. The average molecular weight is 387 g/mol. The summed E-state index contributed by atoms with van der Waals surface area (Å²) >= 11 is 0. The molecule has 7 heteroatoms. The third-order valence-corrected chi connectivity index (χ3v) is 5.29. The summed E-state index contributed by atoms with van der Waals surface area (Å²) in [6, 6.07) is 15.9. The predicted molar refractivity (Wildman–Crippen MR) is 111 cm³/mol. The van der Waals surface area contributed by atoms with Crippen molar-refractivity contribution in [2.24, 2.45) is 4.99 Å². The van der Waals surface area contributed by atoms with Gasteiger partial charge in [-0.25, -0.2) is 8.42 Å². The fourth-order valence-corrected chi connectivity index (χ4v) is 4.00. The van der Waals surface area contributed by atoms with Gasteiger partial charge in [-0.15, -0.1) is 0 Å². The van der Waals surface area contributed by atoms with Crippen LogP contribution in [0.25, 0.3) is 0 Å². The largest absolute Gasteiger partial charge is 0.356 e. The predicted octanol–water partition coefficient (Wildman–Crippen LogP) is 2.45. The Morgan fingerprint density at radius 1 is 1.15 bits per heavy atom. The van der Waals surface area contributed by atoms with Crippen molar-refractivity contribution in [2.75, 3.05) is 24.6 Å². The van der Waals surface area contributed by atoms with E-state index >= 15 is 0 Å². The Bertz CT molecular complexity index is 925. The SMILES string of the molecule is CN=C(NCc1cccc(NS(C)(=O)=O)c1)NCC1CCc2ccccc21. The first-order chi connectivity index (χ1) is 12.9. The molecule has 0 fully saturated rings. The van der Waals surface area contributed by atoms with Gasteiger partial charge in [0.2, 0.25) is 10.0 Å². The number of aliphatic imine (C=N–C) groups is 1. The summed E-state index contributed by atoms with van der Waals surface area (Å²) in [7, 11) is -1.53. The monoisotopic (exact) mass is 386 g/mol. The maximum absolute atomic E-state index is 11.4. The number of rotatable bonds is 6. The van der Waals surface area contributed by atoms with E-state index in [0.29, 0.717) is 18.2 Å². The van der Waals surface area contributed by atoms with Crippen molar-refractivity contribution in [2.45, 2.75) is 25.3 Å². The van der Waals surface area contributed by atoms with Crippen LogP contribution in [0, 0.1) is 0 Å². The zero-order valence-corrected chi connectivity index (χ0v) is 16.5. The number of nitrogens with one attached hydrogen (secondary N) is 3. The van der Waals surface area contributed by atoms with Crippen molar-refractivity contribution in [3.05, 3.63) is 65.2 Å². The van der Waals surface area contributed by atoms with Gasteiger partial charge in [-0.3, -0.25) is 9.71 Å². The van der Waals surface area contributed by atoms with E-state index in [9.17, 15) is 8.42 Å². The molecule has 3 N–H and O–H groups in total. The van der Waals surface area contributed by atoms with Gasteiger partial charge in [0.1, 0.15) is 0 Å². The zero-order chi connectivity index (χ0) is 19.3. The molecule has 2 aromatic carbocycles. The van der Waals surface area contributed by atoms with E-state index in [1.54, 1.807) is 13.1 Å². The molecule has 0 spiro atoms. The summed E-state index contributed by atoms with van der Waals surface area (Å²) in [6.07, 6.45) is 3.43. The molecule has 0 saturated carbocycles. The molecule has 1 atom stereocenters. The summed E-state index contributed by atoms with van der Waals surface area (Å²) in [5.41, 5.74) is 4.41. The van der Waals surface area contributed by atoms with E-state index in [1.165, 1.54) is 11.1 Å². The van der Waals surface area contributed by atoms with Gasteiger partial charge < -0.3 is 10.6 Å². The Kier molecular flexibility index (Phi) is 6.01. The molecule has 144 valence electrons. The smallest absolute Gasteiger partial charge is 0.229 e. The fourth-order valence-electron chi connectivity index (χ4n) is 3.44. The fraction of sp³-hybridized carbons (Fsp3) is 0.350. The first-order valence-electron chi connectivity index (χ1n) is 9.03. The van der Waals surface area contributed by atoms with Crippen LogP contribution in [-0.4, -0.2) is 34.2 Å². The van der Waals surface area contributed by atoms with Crippen molar-refractivity contribution in [3.8, 4) is 0 Å². The van der Waals surface area contributed by atoms with Crippen molar-refractivity contribution in [1.29, 1.82) is 0 Å². The van der Waals surface area contributed by atoms with E-state index in [0.717, 1.165) is 37.2 Å². The summed E-state index contributed by atoms with van der Waals surface area (Å²) in [5.74, 6) is 1.24. The second kappa shape index (κ2) is 8.43. The molecule has 0 bridgehead atoms. The standard InChI is InChI=1S/C20H26N4O2S/c1-21-20(23-14-17-11-10-16-7-3-4-9-19(16)17)22-13-15-6-5-8-18(12-15)24-27(2,25)26/h3-9,12,17,24H,10-11,13-14H2,1-2H3,(H2,21,22,23). The molecule has 27 heavy (non-hydrogen) atoms. The van der Waals surface area contributed by atoms with Crippen LogP contribution >= 0.6 is 0 Å². The number of nitrogens with zero attached hydrogens (tertiary/aromatic N) is 1. The van der Waals surface area contributed by atoms with Crippen LogP contribution in [-0.2, 0) is 23.0 Å². The normalized spacial score (nSPS) is 16.7. The molecular formula is C20H26N4O2S. The van der Waals surface area contributed by atoms with Crippen molar-refractivity contribution < 1.29 is 8.42 Å². The number of hydrogen-bond donors (Lipinski definition) is 3. The van der Waals surface area contributed by atoms with Gasteiger partial charge in [-0.2, -0.15) is 0 Å². The third-order valence-electron chi connectivity index (χ3n) is 4.69. The van der Waals surface area contributed by atoms with Crippen LogP contribution in [0.2, 0.25) is 0 Å². The second-order valence-electron chi connectivity index (χ2n) is 6.82. The maximum Gasteiger partial charge on any atom is 0.229 e. The molecule has 0 heterocycles. The van der Waals surface area contributed by atoms with Gasteiger partial charge in [0.25, 0.3) is 0 Å². The molecule has 0 saturated heterocycles. The van der Waals surface area contributed by atoms with Crippen LogP contribution in [0.4, 0.5) is 5.69 Å². The van der Waals surface area contributed by atoms with E-state index in [2.05, 4.69) is 44.6 Å². The molecular weight excluding hydrogens is 360 g/mol. The lowest BCUT2D eigenvalue weighted by Crippen LogP contribution is -2.38. The number of fused-ring (bicyclic) bond motifs is 1. The van der Waals surface area contributed by atoms with Crippen molar-refractivity contribution in [3.63, 3.8) is 0 Å². The van der Waals surface area contributed by atoms with Gasteiger partial charge in [0.15, 0.2) is 5.96 Å². The van der Waals surface area contributed by atoms with E-state index in [4.69, 9.17) is 0 Å². The Balaban J connectivity index is 1.54. The van der Waals surface area contributed by atoms with E-state index in [-0.39, 0.29) is 0 Å². The molecule has 1 unspecified atom stereocenters. The van der Waals surface area contributed by atoms with Crippen LogP contribution in [0.15, 0.2) is 53.5 Å². The van der Waals surface area contributed by atoms with Crippen LogP contribution in [0.1, 0.15) is 29.0 Å². The molecule has 0 radical (unpaired) electrons. The van der Waals surface area contributed by atoms with E-state index < -0.39 is 10.0 Å². The second-order valence-corrected chi connectivity index (χ2v) is 8.56. The number of sulfonamides is 1. The van der Waals surface area contributed by atoms with E-state index in [1.807, 2.05) is 18.2 Å². The molecule has 6 nitrogen and oxygen atoms in total. The van der Waals surface area contributed by atoms with Gasteiger partial charge in [-0.05, 0) is 41.7 Å². The Morgan fingerprint density at radius 3 is 2.74 bits per heavy atom. The summed E-state index contributed by atoms with van der Waals surface area (Å²) in [6.45, 7) is 1.40. The topological polar surface area (TPSA) is 82.6 Å². The minimum Gasteiger partial charge on any atom is -0.356 e. The molecule has 1 aliphatic rings. The number of benzene rings is 2. The van der Waals surface area contributed by atoms with Gasteiger partial charge >= 0.3 is 0 Å². The minimum absolute atomic E-state index is 0.502. The number of aryl methyl sites for hydroxylation is 1. The number of anilines is 1. The molecule has 0 amide bonds. The van der Waals surface area contributed by atoms with Gasteiger partial charge in [0.05, 0.1) is 6.26 Å². The average Bonchev–Trinajstić information content (AvgIpc) is 3.04. The highest BCUT2D eigenvalue weighted by molar-refractivity contribution is 7.92. The highest BCUT2D eigenvalue weighted by atomic mass is 32.2. The summed E-state index contributed by atoms with van der Waals surface area (Å²) in [5, 5.41) is 6.69. The zero-order valence-electron chi connectivity index (χ0n) is 15.7. The molecule has 0 aromatic heterocycles. The van der Waals surface area contributed by atoms with Crippen LogP contribution in [0.3, 0.4) is 0 Å². The first-order valence-corrected chi connectivity index (χ1v) is 10.9.